The highest BCUT2D eigenvalue weighted by Gasteiger charge is 2.15. The van der Waals surface area contributed by atoms with Crippen LogP contribution in [0.1, 0.15) is 20.1 Å². The Balaban J connectivity index is 1.74. The summed E-state index contributed by atoms with van der Waals surface area (Å²) in [7, 11) is 0. The lowest BCUT2D eigenvalue weighted by atomic mass is 10.1. The number of thiophene rings is 2. The Morgan fingerprint density at radius 2 is 2.12 bits per heavy atom. The van der Waals surface area contributed by atoms with E-state index in [1.54, 1.807) is 11.3 Å². The molecule has 0 aliphatic carbocycles. The quantitative estimate of drug-likeness (QED) is 0.489. The number of halogens is 1. The van der Waals surface area contributed by atoms with Crippen LogP contribution in [0.5, 0.6) is 0 Å². The van der Waals surface area contributed by atoms with Crippen molar-refractivity contribution in [3.63, 3.8) is 0 Å². The van der Waals surface area contributed by atoms with E-state index in [4.69, 9.17) is 11.6 Å². The van der Waals surface area contributed by atoms with E-state index in [0.29, 0.717) is 16.6 Å². The van der Waals surface area contributed by atoms with E-state index in [0.717, 1.165) is 31.4 Å². The number of amides is 1. The molecule has 0 spiro atoms. The fourth-order valence-corrected chi connectivity index (χ4v) is 4.66. The zero-order chi connectivity index (χ0) is 16.7. The summed E-state index contributed by atoms with van der Waals surface area (Å²) in [6.45, 7) is 2.58. The first-order valence-corrected chi connectivity index (χ1v) is 9.49. The van der Waals surface area contributed by atoms with Crippen LogP contribution >= 0.6 is 34.3 Å². The van der Waals surface area contributed by atoms with E-state index in [9.17, 15) is 4.79 Å². The fraction of sp³-hybridized carbons (Fsp3) is 0.111. The van der Waals surface area contributed by atoms with Crippen molar-refractivity contribution in [1.29, 1.82) is 0 Å². The lowest BCUT2D eigenvalue weighted by molar-refractivity contribution is 0.0955. The van der Waals surface area contributed by atoms with Gasteiger partial charge in [-0.15, -0.1) is 22.7 Å². The molecule has 3 aromatic heterocycles. The Hall–Kier alpha value is -1.95. The zero-order valence-corrected chi connectivity index (χ0v) is 15.2. The molecule has 0 aliphatic rings. The molecule has 0 atom stereocenters. The van der Waals surface area contributed by atoms with Crippen molar-refractivity contribution < 1.29 is 4.79 Å². The van der Waals surface area contributed by atoms with Gasteiger partial charge in [-0.05, 0) is 36.6 Å². The average molecular weight is 373 g/mol. The van der Waals surface area contributed by atoms with E-state index in [-0.39, 0.29) is 5.91 Å². The first-order chi connectivity index (χ1) is 11.6. The number of carbonyl (C=O) groups is 1. The third-order valence-corrected chi connectivity index (χ3v) is 6.13. The Labute approximate surface area is 151 Å². The highest BCUT2D eigenvalue weighted by atomic mass is 35.5. The number of pyridine rings is 1. The van der Waals surface area contributed by atoms with Crippen molar-refractivity contribution in [3.05, 3.63) is 62.2 Å². The molecule has 0 unspecified atom stereocenters. The van der Waals surface area contributed by atoms with Gasteiger partial charge in [-0.25, -0.2) is 4.98 Å². The second kappa shape index (κ2) is 6.16. The molecule has 1 amide bonds. The Bertz CT molecular complexity index is 1050. The van der Waals surface area contributed by atoms with Crippen molar-refractivity contribution in [3.8, 4) is 0 Å². The number of rotatable bonds is 3. The summed E-state index contributed by atoms with van der Waals surface area (Å²) < 4.78 is 1.01. The maximum atomic E-state index is 12.5. The minimum atomic E-state index is -0.0820. The second-order valence-corrected chi connectivity index (χ2v) is 7.98. The van der Waals surface area contributed by atoms with Crippen LogP contribution in [-0.2, 0) is 6.54 Å². The molecule has 1 N–H and O–H groups in total. The van der Waals surface area contributed by atoms with Crippen LogP contribution in [0.3, 0.4) is 0 Å². The number of nitrogens with zero attached hydrogens (tertiary/aromatic N) is 1. The molecule has 24 heavy (non-hydrogen) atoms. The zero-order valence-electron chi connectivity index (χ0n) is 12.8. The molecule has 3 nitrogen and oxygen atoms in total. The van der Waals surface area contributed by atoms with Crippen molar-refractivity contribution in [2.45, 2.75) is 13.5 Å². The van der Waals surface area contributed by atoms with Crippen LogP contribution in [0.15, 0.2) is 41.8 Å². The number of aromatic nitrogens is 1. The highest BCUT2D eigenvalue weighted by Crippen LogP contribution is 2.36. The summed E-state index contributed by atoms with van der Waals surface area (Å²) in [6, 6.07) is 11.9. The molecule has 6 heteroatoms. The van der Waals surface area contributed by atoms with Crippen molar-refractivity contribution in [2.75, 3.05) is 0 Å². The smallest absolute Gasteiger partial charge is 0.261 e. The number of carbonyl (C=O) groups excluding carboxylic acids is 1. The predicted octanol–water partition coefficient (Wildman–Crippen LogP) is 5.40. The maximum Gasteiger partial charge on any atom is 0.261 e. The van der Waals surface area contributed by atoms with Crippen LogP contribution in [0.2, 0.25) is 5.15 Å². The second-order valence-electron chi connectivity index (χ2n) is 5.54. The molecular formula is C18H13ClN2OS2. The third-order valence-electron chi connectivity index (χ3n) is 3.80. The Kier molecular flexibility index (Phi) is 4.00. The molecule has 0 saturated heterocycles. The van der Waals surface area contributed by atoms with E-state index in [1.807, 2.05) is 42.6 Å². The standard InChI is InChI=1S/C18H13ClN2OS2/c1-10-4-5-14-12(7-10)16-13(17(19)21-14)8-15(24-16)18(22)20-9-11-3-2-6-23-11/h2-8H,9H2,1H3,(H,20,22). The van der Waals surface area contributed by atoms with Gasteiger partial charge in [0.2, 0.25) is 0 Å². The fourth-order valence-electron chi connectivity index (χ4n) is 2.62. The lowest BCUT2D eigenvalue weighted by Gasteiger charge is -2.02. The van der Waals surface area contributed by atoms with Crippen LogP contribution in [0.25, 0.3) is 21.0 Å². The number of fused-ring (bicyclic) bond motifs is 3. The van der Waals surface area contributed by atoms with Gasteiger partial charge in [0.25, 0.3) is 5.91 Å². The predicted molar refractivity (Wildman–Crippen MR) is 102 cm³/mol. The summed E-state index contributed by atoms with van der Waals surface area (Å²) in [4.78, 5) is 18.7. The average Bonchev–Trinajstić information content (AvgIpc) is 3.23. The Morgan fingerprint density at radius 1 is 1.25 bits per heavy atom. The topological polar surface area (TPSA) is 42.0 Å². The van der Waals surface area contributed by atoms with Gasteiger partial charge < -0.3 is 5.32 Å². The van der Waals surface area contributed by atoms with E-state index < -0.39 is 0 Å². The monoisotopic (exact) mass is 372 g/mol. The summed E-state index contributed by atoms with van der Waals surface area (Å²) >= 11 is 9.41. The summed E-state index contributed by atoms with van der Waals surface area (Å²) in [5, 5.41) is 7.27. The van der Waals surface area contributed by atoms with Gasteiger partial charge in [0.05, 0.1) is 16.9 Å². The minimum absolute atomic E-state index is 0.0820. The molecule has 0 saturated carbocycles. The molecule has 4 aromatic rings. The first-order valence-electron chi connectivity index (χ1n) is 7.42. The molecule has 120 valence electrons. The van der Waals surface area contributed by atoms with Gasteiger partial charge in [0.15, 0.2) is 0 Å². The number of hydrogen-bond acceptors (Lipinski definition) is 4. The molecular weight excluding hydrogens is 360 g/mol. The number of nitrogens with one attached hydrogen (secondary N) is 1. The van der Waals surface area contributed by atoms with Gasteiger partial charge in [0, 0.05) is 20.3 Å². The van der Waals surface area contributed by atoms with E-state index in [2.05, 4.69) is 16.4 Å². The maximum absolute atomic E-state index is 12.5. The van der Waals surface area contributed by atoms with Gasteiger partial charge >= 0.3 is 0 Å². The van der Waals surface area contributed by atoms with Gasteiger partial charge in [-0.1, -0.05) is 29.3 Å². The van der Waals surface area contributed by atoms with Crippen molar-refractivity contribution in [1.82, 2.24) is 10.3 Å². The number of benzene rings is 1. The largest absolute Gasteiger partial charge is 0.346 e. The minimum Gasteiger partial charge on any atom is -0.346 e. The van der Waals surface area contributed by atoms with Crippen LogP contribution in [-0.4, -0.2) is 10.9 Å². The molecule has 0 bridgehead atoms. The summed E-state index contributed by atoms with van der Waals surface area (Å²) in [5.41, 5.74) is 2.01. The SMILES string of the molecule is Cc1ccc2nc(Cl)c3cc(C(=O)NCc4cccs4)sc3c2c1. The summed E-state index contributed by atoms with van der Waals surface area (Å²) in [5.74, 6) is -0.0820. The molecule has 1 aromatic carbocycles. The van der Waals surface area contributed by atoms with Gasteiger partial charge in [-0.3, -0.25) is 4.79 Å². The van der Waals surface area contributed by atoms with Crippen LogP contribution < -0.4 is 5.32 Å². The van der Waals surface area contributed by atoms with Crippen LogP contribution in [0.4, 0.5) is 0 Å². The number of aryl methyl sites for hydroxylation is 1. The van der Waals surface area contributed by atoms with Crippen LogP contribution in [0, 0.1) is 6.92 Å². The van der Waals surface area contributed by atoms with E-state index >= 15 is 0 Å². The van der Waals surface area contributed by atoms with Gasteiger partial charge in [0.1, 0.15) is 5.15 Å². The van der Waals surface area contributed by atoms with Gasteiger partial charge in [-0.2, -0.15) is 0 Å². The Morgan fingerprint density at radius 3 is 2.92 bits per heavy atom. The normalized spacial score (nSPS) is 11.2. The highest BCUT2D eigenvalue weighted by molar-refractivity contribution is 7.21. The van der Waals surface area contributed by atoms with E-state index in [1.165, 1.54) is 11.3 Å². The third kappa shape index (κ3) is 2.79. The van der Waals surface area contributed by atoms with Crippen molar-refractivity contribution >= 4 is 61.2 Å². The molecule has 0 aliphatic heterocycles. The number of hydrogen-bond donors (Lipinski definition) is 1. The molecule has 4 rings (SSSR count). The summed E-state index contributed by atoms with van der Waals surface area (Å²) in [6.07, 6.45) is 0. The first kappa shape index (κ1) is 15.6. The molecule has 0 radical (unpaired) electrons. The molecule has 0 fully saturated rings. The molecule has 3 heterocycles. The van der Waals surface area contributed by atoms with Crippen molar-refractivity contribution in [2.24, 2.45) is 0 Å². The lowest BCUT2D eigenvalue weighted by Crippen LogP contribution is -2.21.